The van der Waals surface area contributed by atoms with Crippen molar-refractivity contribution in [3.63, 3.8) is 0 Å². The van der Waals surface area contributed by atoms with Crippen molar-refractivity contribution >= 4 is 39.6 Å². The van der Waals surface area contributed by atoms with Crippen LogP contribution in [0, 0.1) is 0 Å². The third kappa shape index (κ3) is 4.79. The molecular formula is C24H23ClN2O5. The minimum absolute atomic E-state index is 0.151. The van der Waals surface area contributed by atoms with Gasteiger partial charge in [-0.1, -0.05) is 23.7 Å². The number of nitrogens with one attached hydrogen (secondary N) is 1. The van der Waals surface area contributed by atoms with Gasteiger partial charge >= 0.3 is 6.16 Å². The quantitative estimate of drug-likeness (QED) is 0.344. The molecule has 1 N–H and O–H groups in total. The highest BCUT2D eigenvalue weighted by molar-refractivity contribution is 6.30. The minimum Gasteiger partial charge on any atom is -0.489 e. The van der Waals surface area contributed by atoms with Crippen LogP contribution in [-0.4, -0.2) is 29.3 Å². The molecular weight excluding hydrogens is 432 g/mol. The smallest absolute Gasteiger partial charge is 0.489 e. The third-order valence-corrected chi connectivity index (χ3v) is 5.04. The maximum atomic E-state index is 12.1. The molecule has 2 aromatic carbocycles. The van der Waals surface area contributed by atoms with E-state index in [1.807, 2.05) is 42.5 Å². The Hall–Kier alpha value is -3.29. The van der Waals surface area contributed by atoms with Crippen molar-refractivity contribution < 1.29 is 23.7 Å². The Morgan fingerprint density at radius 3 is 2.59 bits per heavy atom. The largest absolute Gasteiger partial charge is 0.515 e. The van der Waals surface area contributed by atoms with Gasteiger partial charge in [-0.2, -0.15) is 0 Å². The van der Waals surface area contributed by atoms with E-state index in [4.69, 9.17) is 30.5 Å². The molecule has 4 aromatic rings. The lowest BCUT2D eigenvalue weighted by molar-refractivity contribution is 0.0705. The number of halogens is 1. The Morgan fingerprint density at radius 1 is 1.09 bits per heavy atom. The molecule has 32 heavy (non-hydrogen) atoms. The second-order valence-electron chi connectivity index (χ2n) is 7.53. The summed E-state index contributed by atoms with van der Waals surface area (Å²) < 4.78 is 21.8. The summed E-state index contributed by atoms with van der Waals surface area (Å²) in [6.07, 6.45) is 0.516. The van der Waals surface area contributed by atoms with Crippen LogP contribution in [0.3, 0.4) is 0 Å². The van der Waals surface area contributed by atoms with Crippen molar-refractivity contribution in [1.82, 2.24) is 9.97 Å². The van der Waals surface area contributed by atoms with E-state index in [9.17, 15) is 4.79 Å². The molecule has 0 saturated heterocycles. The summed E-state index contributed by atoms with van der Waals surface area (Å²) in [5, 5.41) is 2.44. The number of rotatable bonds is 7. The molecule has 2 heterocycles. The number of carbonyl (C=O) groups excluding carboxylic acids is 1. The fourth-order valence-corrected chi connectivity index (χ4v) is 3.55. The Labute approximate surface area is 190 Å². The van der Waals surface area contributed by atoms with Crippen LogP contribution >= 0.6 is 11.6 Å². The van der Waals surface area contributed by atoms with E-state index in [1.165, 1.54) is 0 Å². The number of aromatic amines is 1. The number of hydrogen-bond acceptors (Lipinski definition) is 6. The second-order valence-corrected chi connectivity index (χ2v) is 7.97. The summed E-state index contributed by atoms with van der Waals surface area (Å²) in [5.74, 6) is 0.855. The number of H-pyrrole nitrogens is 1. The predicted octanol–water partition coefficient (Wildman–Crippen LogP) is 6.02. The molecule has 0 atom stereocenters. The number of nitrogens with zero attached hydrogens (tertiary/aromatic N) is 1. The first-order valence-corrected chi connectivity index (χ1v) is 10.5. The van der Waals surface area contributed by atoms with Crippen LogP contribution in [0.25, 0.3) is 21.8 Å². The number of aromatic nitrogens is 2. The average molecular weight is 455 g/mol. The highest BCUT2D eigenvalue weighted by Crippen LogP contribution is 2.35. The Balaban J connectivity index is 1.70. The number of fused-ring (bicyclic) bond motifs is 3. The molecule has 7 nitrogen and oxygen atoms in total. The zero-order chi connectivity index (χ0) is 22.7. The van der Waals surface area contributed by atoms with Crippen molar-refractivity contribution in [2.75, 3.05) is 7.11 Å². The molecule has 0 spiro atoms. The van der Waals surface area contributed by atoms with E-state index in [1.54, 1.807) is 27.2 Å². The first kappa shape index (κ1) is 21.9. The fraction of sp³-hybridized carbons (Fsp3) is 0.250. The van der Waals surface area contributed by atoms with Gasteiger partial charge in [0.2, 0.25) is 5.88 Å². The van der Waals surface area contributed by atoms with Crippen LogP contribution in [-0.2, 0) is 22.7 Å². The van der Waals surface area contributed by atoms with Crippen molar-refractivity contribution in [2.45, 2.75) is 33.2 Å². The SMILES string of the molecule is COCc1c(OC(=O)OC(C)C)ncc2[nH]c3ccc(OCc4ccc(Cl)cc4)cc3c12. The molecule has 8 heteroatoms. The predicted molar refractivity (Wildman–Crippen MR) is 122 cm³/mol. The molecule has 0 radical (unpaired) electrons. The lowest BCUT2D eigenvalue weighted by Gasteiger charge is -2.12. The zero-order valence-electron chi connectivity index (χ0n) is 18.0. The fourth-order valence-electron chi connectivity index (χ4n) is 3.42. The Morgan fingerprint density at radius 2 is 1.88 bits per heavy atom. The molecule has 0 unspecified atom stereocenters. The van der Waals surface area contributed by atoms with Crippen molar-refractivity contribution in [1.29, 1.82) is 0 Å². The highest BCUT2D eigenvalue weighted by Gasteiger charge is 2.19. The first-order valence-electron chi connectivity index (χ1n) is 10.1. The molecule has 0 aliphatic carbocycles. The van der Waals surface area contributed by atoms with Gasteiger partial charge in [0.05, 0.1) is 30.0 Å². The number of carbonyl (C=O) groups is 1. The van der Waals surface area contributed by atoms with Crippen LogP contribution in [0.4, 0.5) is 4.79 Å². The number of benzene rings is 2. The monoisotopic (exact) mass is 454 g/mol. The molecule has 0 saturated carbocycles. The van der Waals surface area contributed by atoms with Gasteiger partial charge in [0.25, 0.3) is 0 Å². The van der Waals surface area contributed by atoms with Gasteiger partial charge in [-0.15, -0.1) is 0 Å². The van der Waals surface area contributed by atoms with Crippen molar-refractivity contribution in [3.05, 3.63) is 64.8 Å². The third-order valence-electron chi connectivity index (χ3n) is 4.79. The van der Waals surface area contributed by atoms with Crippen LogP contribution in [0.2, 0.25) is 5.02 Å². The summed E-state index contributed by atoms with van der Waals surface area (Å²) in [5.41, 5.74) is 3.36. The van der Waals surface area contributed by atoms with Gasteiger partial charge in [0.1, 0.15) is 12.4 Å². The minimum atomic E-state index is -0.809. The second kappa shape index (κ2) is 9.46. The number of pyridine rings is 1. The van der Waals surface area contributed by atoms with Gasteiger partial charge in [-0.05, 0) is 49.7 Å². The van der Waals surface area contributed by atoms with Gasteiger partial charge in [-0.25, -0.2) is 9.78 Å². The molecule has 166 valence electrons. The summed E-state index contributed by atoms with van der Waals surface area (Å²) in [7, 11) is 1.57. The van der Waals surface area contributed by atoms with E-state index in [0.29, 0.717) is 22.9 Å². The van der Waals surface area contributed by atoms with Crippen LogP contribution in [0.5, 0.6) is 11.6 Å². The lowest BCUT2D eigenvalue weighted by Crippen LogP contribution is -2.17. The molecule has 2 aromatic heterocycles. The molecule has 0 fully saturated rings. The normalized spacial score (nSPS) is 11.3. The number of methoxy groups -OCH3 is 1. The Kier molecular flexibility index (Phi) is 6.48. The number of hydrogen-bond donors (Lipinski definition) is 1. The summed E-state index contributed by atoms with van der Waals surface area (Å²) in [4.78, 5) is 19.7. The van der Waals surface area contributed by atoms with Crippen molar-refractivity contribution in [3.8, 4) is 11.6 Å². The average Bonchev–Trinajstić information content (AvgIpc) is 3.12. The molecule has 4 rings (SSSR count). The standard InChI is InChI=1S/C24H23ClN2O5/c1-14(2)31-24(28)32-23-19(13-29-3)22-18-10-17(8-9-20(18)27-21(22)11-26-23)30-12-15-4-6-16(25)7-5-15/h4-11,14,27H,12-13H2,1-3H3. The van der Waals surface area contributed by atoms with E-state index in [-0.39, 0.29) is 18.6 Å². The Bertz CT molecular complexity index is 1250. The van der Waals surface area contributed by atoms with E-state index in [2.05, 4.69) is 9.97 Å². The van der Waals surface area contributed by atoms with Crippen LogP contribution < -0.4 is 9.47 Å². The molecule has 0 bridgehead atoms. The topological polar surface area (TPSA) is 82.7 Å². The first-order chi connectivity index (χ1) is 15.4. The van der Waals surface area contributed by atoms with E-state index < -0.39 is 6.16 Å². The zero-order valence-corrected chi connectivity index (χ0v) is 18.7. The summed E-state index contributed by atoms with van der Waals surface area (Å²) in [6.45, 7) is 4.11. The molecule has 0 amide bonds. The van der Waals surface area contributed by atoms with Gasteiger partial charge < -0.3 is 23.9 Å². The maximum Gasteiger partial charge on any atom is 0.515 e. The van der Waals surface area contributed by atoms with Gasteiger partial charge in [0.15, 0.2) is 0 Å². The van der Waals surface area contributed by atoms with Crippen molar-refractivity contribution in [2.24, 2.45) is 0 Å². The lowest BCUT2D eigenvalue weighted by atomic mass is 10.1. The summed E-state index contributed by atoms with van der Waals surface area (Å²) >= 11 is 5.95. The molecule has 0 aliphatic heterocycles. The van der Waals surface area contributed by atoms with Gasteiger partial charge in [0, 0.05) is 28.4 Å². The molecule has 0 aliphatic rings. The number of ether oxygens (including phenoxy) is 4. The van der Waals surface area contributed by atoms with Crippen LogP contribution in [0.15, 0.2) is 48.7 Å². The van der Waals surface area contributed by atoms with Crippen LogP contribution in [0.1, 0.15) is 25.0 Å². The summed E-state index contributed by atoms with van der Waals surface area (Å²) in [6, 6.07) is 13.3. The van der Waals surface area contributed by atoms with Gasteiger partial charge in [-0.3, -0.25) is 0 Å². The maximum absolute atomic E-state index is 12.1. The van der Waals surface area contributed by atoms with E-state index >= 15 is 0 Å². The highest BCUT2D eigenvalue weighted by atomic mass is 35.5. The van der Waals surface area contributed by atoms with E-state index in [0.717, 1.165) is 27.4 Å².